The molecule has 1 atom stereocenters. The van der Waals surface area contributed by atoms with Gasteiger partial charge in [-0.05, 0) is 42.0 Å². The van der Waals surface area contributed by atoms with E-state index < -0.39 is 29.5 Å². The highest BCUT2D eigenvalue weighted by Gasteiger charge is 2.34. The van der Waals surface area contributed by atoms with Crippen molar-refractivity contribution in [2.45, 2.75) is 12.6 Å². The van der Waals surface area contributed by atoms with Crippen LogP contribution in [0.1, 0.15) is 11.6 Å². The van der Waals surface area contributed by atoms with E-state index in [0.717, 1.165) is 4.90 Å². The summed E-state index contributed by atoms with van der Waals surface area (Å²) in [4.78, 5) is 28.1. The Morgan fingerprint density at radius 3 is 2.49 bits per heavy atom. The van der Waals surface area contributed by atoms with Crippen LogP contribution in [0.5, 0.6) is 0 Å². The highest BCUT2D eigenvalue weighted by molar-refractivity contribution is 6.01. The van der Waals surface area contributed by atoms with Crippen LogP contribution in [0.2, 0.25) is 0 Å². The van der Waals surface area contributed by atoms with Crippen molar-refractivity contribution in [3.05, 3.63) is 90.0 Å². The standard InChI is InChI=1S/C25H23F2N5O3/c1-35-15-14-28-25(34)24(17-10-12-18(26)13-11-17)32(21-8-4-2-6-19(21)27)23(33)16-31-22-9-5-3-7-20(22)29-30-31/h2-13,24H,14-16H2,1H3,(H,28,34)/t24-/m0/s1. The third-order valence-electron chi connectivity index (χ3n) is 5.38. The van der Waals surface area contributed by atoms with Crippen molar-refractivity contribution in [1.29, 1.82) is 0 Å². The average molecular weight is 479 g/mol. The van der Waals surface area contributed by atoms with Crippen LogP contribution in [0.4, 0.5) is 14.5 Å². The monoisotopic (exact) mass is 479 g/mol. The summed E-state index contributed by atoms with van der Waals surface area (Å²) in [7, 11) is 1.49. The molecule has 2 amide bonds. The van der Waals surface area contributed by atoms with Crippen molar-refractivity contribution in [1.82, 2.24) is 20.3 Å². The Labute approximate surface area is 200 Å². The van der Waals surface area contributed by atoms with Crippen LogP contribution in [-0.2, 0) is 20.9 Å². The van der Waals surface area contributed by atoms with Gasteiger partial charge in [0.25, 0.3) is 0 Å². The summed E-state index contributed by atoms with van der Waals surface area (Å²) in [6.45, 7) is 0.0956. The third kappa shape index (κ3) is 5.33. The van der Waals surface area contributed by atoms with E-state index in [4.69, 9.17) is 4.74 Å². The van der Waals surface area contributed by atoms with Crippen molar-refractivity contribution in [3.63, 3.8) is 0 Å². The second-order valence-electron chi connectivity index (χ2n) is 7.69. The molecule has 35 heavy (non-hydrogen) atoms. The third-order valence-corrected chi connectivity index (χ3v) is 5.38. The van der Waals surface area contributed by atoms with E-state index in [9.17, 15) is 14.0 Å². The molecule has 0 unspecified atom stereocenters. The van der Waals surface area contributed by atoms with E-state index >= 15 is 4.39 Å². The quantitative estimate of drug-likeness (QED) is 0.373. The topological polar surface area (TPSA) is 89.4 Å². The Morgan fingerprint density at radius 1 is 1.03 bits per heavy atom. The summed E-state index contributed by atoms with van der Waals surface area (Å²) in [6, 6.07) is 16.6. The lowest BCUT2D eigenvalue weighted by molar-refractivity contribution is -0.127. The van der Waals surface area contributed by atoms with Crippen LogP contribution in [0, 0.1) is 11.6 Å². The smallest absolute Gasteiger partial charge is 0.249 e. The molecule has 0 radical (unpaired) electrons. The van der Waals surface area contributed by atoms with Gasteiger partial charge in [0.05, 0.1) is 17.8 Å². The summed E-state index contributed by atoms with van der Waals surface area (Å²) in [5.41, 5.74) is 1.40. The molecule has 0 saturated heterocycles. The zero-order chi connectivity index (χ0) is 24.8. The SMILES string of the molecule is COCCNC(=O)[C@H](c1ccc(F)cc1)N(C(=O)Cn1nnc2ccccc21)c1ccccc1F. The number of rotatable bonds is 9. The Balaban J connectivity index is 1.78. The van der Waals surface area contributed by atoms with Gasteiger partial charge in [-0.1, -0.05) is 41.6 Å². The average Bonchev–Trinajstić information content (AvgIpc) is 3.26. The predicted molar refractivity (Wildman–Crippen MR) is 125 cm³/mol. The summed E-state index contributed by atoms with van der Waals surface area (Å²) in [5.74, 6) is -2.39. The largest absolute Gasteiger partial charge is 0.383 e. The van der Waals surface area contributed by atoms with Gasteiger partial charge in [0.1, 0.15) is 29.7 Å². The number of methoxy groups -OCH3 is 1. The van der Waals surface area contributed by atoms with Crippen LogP contribution in [0.25, 0.3) is 11.0 Å². The van der Waals surface area contributed by atoms with Crippen LogP contribution in [0.15, 0.2) is 72.8 Å². The number of anilines is 1. The Kier molecular flexibility index (Phi) is 7.41. The molecule has 1 aromatic heterocycles. The van der Waals surface area contributed by atoms with E-state index in [1.807, 2.05) is 0 Å². The molecule has 3 aromatic carbocycles. The van der Waals surface area contributed by atoms with E-state index in [0.29, 0.717) is 16.6 Å². The van der Waals surface area contributed by atoms with Gasteiger partial charge in [0, 0.05) is 13.7 Å². The van der Waals surface area contributed by atoms with Gasteiger partial charge in [-0.2, -0.15) is 0 Å². The van der Waals surface area contributed by atoms with Crippen LogP contribution in [-0.4, -0.2) is 47.1 Å². The zero-order valence-corrected chi connectivity index (χ0v) is 18.9. The van der Waals surface area contributed by atoms with Crippen LogP contribution < -0.4 is 10.2 Å². The van der Waals surface area contributed by atoms with Crippen LogP contribution >= 0.6 is 0 Å². The number of fused-ring (bicyclic) bond motifs is 1. The number of hydrogen-bond acceptors (Lipinski definition) is 5. The maximum Gasteiger partial charge on any atom is 0.249 e. The van der Waals surface area contributed by atoms with Gasteiger partial charge in [0.2, 0.25) is 11.8 Å². The van der Waals surface area contributed by atoms with Crippen molar-refractivity contribution in [3.8, 4) is 0 Å². The molecule has 10 heteroatoms. The molecule has 0 aliphatic rings. The lowest BCUT2D eigenvalue weighted by Crippen LogP contribution is -2.46. The molecule has 8 nitrogen and oxygen atoms in total. The van der Waals surface area contributed by atoms with Gasteiger partial charge in [-0.3, -0.25) is 14.5 Å². The number of hydrogen-bond donors (Lipinski definition) is 1. The summed E-state index contributed by atoms with van der Waals surface area (Å²) in [6.07, 6.45) is 0. The van der Waals surface area contributed by atoms with Crippen molar-refractivity contribution < 1.29 is 23.1 Å². The van der Waals surface area contributed by atoms with Gasteiger partial charge in [-0.15, -0.1) is 5.10 Å². The fourth-order valence-corrected chi connectivity index (χ4v) is 3.74. The van der Waals surface area contributed by atoms with Crippen molar-refractivity contribution in [2.24, 2.45) is 0 Å². The Bertz CT molecular complexity index is 1330. The molecule has 0 spiro atoms. The lowest BCUT2D eigenvalue weighted by atomic mass is 10.0. The summed E-state index contributed by atoms with van der Waals surface area (Å²) < 4.78 is 35.0. The minimum absolute atomic E-state index is 0.0989. The minimum atomic E-state index is -1.29. The first-order chi connectivity index (χ1) is 17.0. The van der Waals surface area contributed by atoms with Crippen molar-refractivity contribution in [2.75, 3.05) is 25.2 Å². The maximum absolute atomic E-state index is 15.0. The maximum atomic E-state index is 15.0. The second kappa shape index (κ2) is 10.8. The number of nitrogens with one attached hydrogen (secondary N) is 1. The molecule has 0 aliphatic carbocycles. The van der Waals surface area contributed by atoms with Gasteiger partial charge in [-0.25, -0.2) is 13.5 Å². The van der Waals surface area contributed by atoms with Crippen molar-refractivity contribution >= 4 is 28.5 Å². The molecular weight excluding hydrogens is 456 g/mol. The van der Waals surface area contributed by atoms with Gasteiger partial charge in [0.15, 0.2) is 0 Å². The Morgan fingerprint density at radius 2 is 1.74 bits per heavy atom. The number of nitrogens with zero attached hydrogens (tertiary/aromatic N) is 4. The number of carbonyl (C=O) groups is 2. The van der Waals surface area contributed by atoms with E-state index in [2.05, 4.69) is 15.6 Å². The van der Waals surface area contributed by atoms with E-state index in [1.54, 1.807) is 30.3 Å². The number of para-hydroxylation sites is 2. The first-order valence-corrected chi connectivity index (χ1v) is 10.9. The first kappa shape index (κ1) is 24.0. The molecule has 4 aromatic rings. The van der Waals surface area contributed by atoms with E-state index in [-0.39, 0.29) is 25.4 Å². The predicted octanol–water partition coefficient (Wildman–Crippen LogP) is 3.25. The number of aromatic nitrogens is 3. The molecule has 0 aliphatic heterocycles. The molecule has 180 valence electrons. The molecule has 0 fully saturated rings. The number of carbonyl (C=O) groups excluding carboxylic acids is 2. The zero-order valence-electron chi connectivity index (χ0n) is 18.9. The Hall–Kier alpha value is -4.18. The molecule has 1 heterocycles. The first-order valence-electron chi connectivity index (χ1n) is 10.9. The van der Waals surface area contributed by atoms with Gasteiger partial charge >= 0.3 is 0 Å². The lowest BCUT2D eigenvalue weighted by Gasteiger charge is -2.31. The highest BCUT2D eigenvalue weighted by Crippen LogP contribution is 2.31. The minimum Gasteiger partial charge on any atom is -0.383 e. The summed E-state index contributed by atoms with van der Waals surface area (Å²) >= 11 is 0. The second-order valence-corrected chi connectivity index (χ2v) is 7.69. The van der Waals surface area contributed by atoms with Crippen LogP contribution in [0.3, 0.4) is 0 Å². The molecule has 0 bridgehead atoms. The van der Waals surface area contributed by atoms with Gasteiger partial charge < -0.3 is 10.1 Å². The van der Waals surface area contributed by atoms with E-state index in [1.165, 1.54) is 54.3 Å². The summed E-state index contributed by atoms with van der Waals surface area (Å²) in [5, 5.41) is 10.8. The molecule has 4 rings (SSSR count). The number of halogens is 2. The fourth-order valence-electron chi connectivity index (χ4n) is 3.74. The molecule has 1 N–H and O–H groups in total. The normalized spacial score (nSPS) is 11.9. The molecular formula is C25H23F2N5O3. The number of amides is 2. The molecule has 0 saturated carbocycles. The number of ether oxygens (including phenoxy) is 1. The number of benzene rings is 3. The fraction of sp³-hybridized carbons (Fsp3) is 0.200. The highest BCUT2D eigenvalue weighted by atomic mass is 19.1.